The molecule has 0 amide bonds. The first-order valence-electron chi connectivity index (χ1n) is 7.31. The van der Waals surface area contributed by atoms with Crippen molar-refractivity contribution in [1.82, 2.24) is 4.90 Å². The Morgan fingerprint density at radius 2 is 1.78 bits per heavy atom. The highest BCUT2D eigenvalue weighted by atomic mass is 15.2. The van der Waals surface area contributed by atoms with E-state index in [1.807, 2.05) is 0 Å². The van der Waals surface area contributed by atoms with Crippen molar-refractivity contribution in [1.29, 1.82) is 0 Å². The van der Waals surface area contributed by atoms with E-state index in [9.17, 15) is 0 Å². The highest BCUT2D eigenvalue weighted by Gasteiger charge is 2.42. The molecule has 2 heteroatoms. The molecule has 2 unspecified atom stereocenters. The number of fused-ring (bicyclic) bond motifs is 1. The average Bonchev–Trinajstić information content (AvgIpc) is 2.58. The highest BCUT2D eigenvalue weighted by Crippen LogP contribution is 2.38. The Balaban J connectivity index is 1.87. The molecular formula is C16H24N2. The fraction of sp³-hybridized carbons (Fsp3) is 0.625. The van der Waals surface area contributed by atoms with Gasteiger partial charge in [0.15, 0.2) is 0 Å². The summed E-state index contributed by atoms with van der Waals surface area (Å²) in [4.78, 5) is 2.65. The third kappa shape index (κ3) is 1.98. The average molecular weight is 244 g/mol. The van der Waals surface area contributed by atoms with E-state index in [0.29, 0.717) is 6.04 Å². The van der Waals surface area contributed by atoms with Gasteiger partial charge in [0.25, 0.3) is 0 Å². The molecule has 98 valence electrons. The zero-order valence-electron chi connectivity index (χ0n) is 11.4. The van der Waals surface area contributed by atoms with E-state index in [1.54, 1.807) is 0 Å². The van der Waals surface area contributed by atoms with E-state index >= 15 is 0 Å². The molecule has 2 aliphatic rings. The summed E-state index contributed by atoms with van der Waals surface area (Å²) < 4.78 is 0. The Hall–Kier alpha value is -0.860. The van der Waals surface area contributed by atoms with Crippen LogP contribution in [0.4, 0.5) is 0 Å². The summed E-state index contributed by atoms with van der Waals surface area (Å²) in [6, 6.07) is 9.22. The Morgan fingerprint density at radius 1 is 1.11 bits per heavy atom. The first-order chi connectivity index (χ1) is 8.69. The maximum absolute atomic E-state index is 6.67. The van der Waals surface area contributed by atoms with Gasteiger partial charge in [0.05, 0.1) is 5.54 Å². The number of rotatable bonds is 1. The Morgan fingerprint density at radius 3 is 2.44 bits per heavy atom. The number of nitrogens with two attached hydrogens (primary N) is 1. The molecule has 1 saturated heterocycles. The molecule has 3 rings (SSSR count). The minimum Gasteiger partial charge on any atom is -0.320 e. The molecule has 1 heterocycles. The zero-order chi connectivity index (χ0) is 12.6. The van der Waals surface area contributed by atoms with Crippen molar-refractivity contribution in [2.45, 2.75) is 50.6 Å². The highest BCUT2D eigenvalue weighted by molar-refractivity contribution is 5.40. The van der Waals surface area contributed by atoms with Crippen LogP contribution in [0, 0.1) is 0 Å². The molecule has 18 heavy (non-hydrogen) atoms. The van der Waals surface area contributed by atoms with Crippen LogP contribution in [-0.2, 0) is 12.0 Å². The van der Waals surface area contributed by atoms with Crippen LogP contribution in [0.1, 0.15) is 43.7 Å². The van der Waals surface area contributed by atoms with Crippen LogP contribution in [-0.4, -0.2) is 24.0 Å². The lowest BCUT2D eigenvalue weighted by Crippen LogP contribution is -2.52. The van der Waals surface area contributed by atoms with Crippen molar-refractivity contribution in [3.63, 3.8) is 0 Å². The lowest BCUT2D eigenvalue weighted by molar-refractivity contribution is 0.144. The van der Waals surface area contributed by atoms with Crippen LogP contribution in [0.15, 0.2) is 24.3 Å². The predicted octanol–water partition coefficient (Wildman–Crippen LogP) is 2.66. The molecule has 2 atom stereocenters. The molecule has 0 radical (unpaired) electrons. The van der Waals surface area contributed by atoms with E-state index in [0.717, 1.165) is 6.42 Å². The third-order valence-corrected chi connectivity index (χ3v) is 4.78. The minimum absolute atomic E-state index is 0.180. The summed E-state index contributed by atoms with van der Waals surface area (Å²) in [5.41, 5.74) is 9.31. The Kier molecular flexibility index (Phi) is 3.16. The Bertz CT molecular complexity index is 417. The van der Waals surface area contributed by atoms with Crippen molar-refractivity contribution < 1.29 is 0 Å². The molecule has 1 aromatic rings. The van der Waals surface area contributed by atoms with Crippen LogP contribution < -0.4 is 5.73 Å². The largest absolute Gasteiger partial charge is 0.320 e. The van der Waals surface area contributed by atoms with Gasteiger partial charge in [-0.1, -0.05) is 37.1 Å². The normalized spacial score (nSPS) is 33.1. The molecule has 1 aliphatic heterocycles. The maximum Gasteiger partial charge on any atom is 0.0544 e. The predicted molar refractivity (Wildman–Crippen MR) is 75.5 cm³/mol. The molecule has 1 fully saturated rings. The van der Waals surface area contributed by atoms with Gasteiger partial charge in [-0.3, -0.25) is 4.90 Å². The van der Waals surface area contributed by atoms with E-state index in [2.05, 4.69) is 36.1 Å². The van der Waals surface area contributed by atoms with Crippen molar-refractivity contribution in [2.75, 3.05) is 13.1 Å². The van der Waals surface area contributed by atoms with Crippen LogP contribution in [0.3, 0.4) is 0 Å². The smallest absolute Gasteiger partial charge is 0.0544 e. The third-order valence-electron chi connectivity index (χ3n) is 4.78. The number of nitrogens with zero attached hydrogens (tertiary/aromatic N) is 1. The topological polar surface area (TPSA) is 29.3 Å². The first-order valence-corrected chi connectivity index (χ1v) is 7.31. The number of hydrogen-bond donors (Lipinski definition) is 1. The second-order valence-corrected chi connectivity index (χ2v) is 6.11. The summed E-state index contributed by atoms with van der Waals surface area (Å²) in [7, 11) is 0. The van der Waals surface area contributed by atoms with E-state index in [1.165, 1.54) is 49.9 Å². The fourth-order valence-corrected chi connectivity index (χ4v) is 3.74. The van der Waals surface area contributed by atoms with Crippen molar-refractivity contribution in [3.05, 3.63) is 35.4 Å². The van der Waals surface area contributed by atoms with Crippen molar-refractivity contribution >= 4 is 0 Å². The number of likely N-dealkylation sites (tertiary alicyclic amines) is 1. The maximum atomic E-state index is 6.67. The standard InChI is InChI=1S/C16H24N2/c1-16(17)14-9-5-4-8-13(14)12-15(16)18-10-6-2-3-7-11-18/h4-5,8-9,15H,2-3,6-7,10-12,17H2,1H3. The van der Waals surface area contributed by atoms with Crippen molar-refractivity contribution in [2.24, 2.45) is 5.73 Å². The minimum atomic E-state index is -0.180. The molecular weight excluding hydrogens is 220 g/mol. The summed E-state index contributed by atoms with van der Waals surface area (Å²) in [5, 5.41) is 0. The van der Waals surface area contributed by atoms with Crippen molar-refractivity contribution in [3.8, 4) is 0 Å². The van der Waals surface area contributed by atoms with Gasteiger partial charge in [-0.05, 0) is 50.4 Å². The molecule has 2 nitrogen and oxygen atoms in total. The summed E-state index contributed by atoms with van der Waals surface area (Å²) in [6.45, 7) is 4.67. The quantitative estimate of drug-likeness (QED) is 0.823. The first kappa shape index (κ1) is 12.2. The van der Waals surface area contributed by atoms with E-state index < -0.39 is 0 Å². The molecule has 2 N–H and O–H groups in total. The van der Waals surface area contributed by atoms with Gasteiger partial charge in [0.2, 0.25) is 0 Å². The lowest BCUT2D eigenvalue weighted by atomic mass is 9.91. The van der Waals surface area contributed by atoms with Gasteiger partial charge in [0, 0.05) is 6.04 Å². The molecule has 0 aromatic heterocycles. The Labute approximate surface area is 110 Å². The summed E-state index contributed by atoms with van der Waals surface area (Å²) in [5.74, 6) is 0. The van der Waals surface area contributed by atoms with Crippen LogP contribution >= 0.6 is 0 Å². The molecule has 0 saturated carbocycles. The second-order valence-electron chi connectivity index (χ2n) is 6.11. The van der Waals surface area contributed by atoms with Gasteiger partial charge < -0.3 is 5.73 Å². The van der Waals surface area contributed by atoms with Gasteiger partial charge >= 0.3 is 0 Å². The van der Waals surface area contributed by atoms with Crippen LogP contribution in [0.2, 0.25) is 0 Å². The van der Waals surface area contributed by atoms with Gasteiger partial charge in [0.1, 0.15) is 0 Å². The molecule has 1 aliphatic carbocycles. The number of benzene rings is 1. The molecule has 0 bridgehead atoms. The fourth-order valence-electron chi connectivity index (χ4n) is 3.74. The van der Waals surface area contributed by atoms with Crippen LogP contribution in [0.5, 0.6) is 0 Å². The lowest BCUT2D eigenvalue weighted by Gasteiger charge is -2.37. The zero-order valence-corrected chi connectivity index (χ0v) is 11.4. The SMILES string of the molecule is CC1(N)c2ccccc2CC1N1CCCCCC1. The summed E-state index contributed by atoms with van der Waals surface area (Å²) >= 11 is 0. The summed E-state index contributed by atoms with van der Waals surface area (Å²) in [6.07, 6.45) is 6.57. The van der Waals surface area contributed by atoms with E-state index in [-0.39, 0.29) is 5.54 Å². The molecule has 0 spiro atoms. The molecule has 1 aromatic carbocycles. The monoisotopic (exact) mass is 244 g/mol. The van der Waals surface area contributed by atoms with Gasteiger partial charge in [-0.15, -0.1) is 0 Å². The van der Waals surface area contributed by atoms with Gasteiger partial charge in [-0.25, -0.2) is 0 Å². The second kappa shape index (κ2) is 4.67. The number of hydrogen-bond acceptors (Lipinski definition) is 2. The van der Waals surface area contributed by atoms with Gasteiger partial charge in [-0.2, -0.15) is 0 Å². The van der Waals surface area contributed by atoms with E-state index in [4.69, 9.17) is 5.73 Å². The van der Waals surface area contributed by atoms with Crippen LogP contribution in [0.25, 0.3) is 0 Å².